The highest BCUT2D eigenvalue weighted by molar-refractivity contribution is 6.32. The molecule has 1 heterocycles. The molecule has 0 amide bonds. The molecule has 0 aliphatic carbocycles. The van der Waals surface area contributed by atoms with E-state index in [4.69, 9.17) is 16.9 Å². The van der Waals surface area contributed by atoms with Crippen LogP contribution in [0.3, 0.4) is 0 Å². The van der Waals surface area contributed by atoms with Gasteiger partial charge in [-0.1, -0.05) is 11.6 Å². The number of nitriles is 1. The summed E-state index contributed by atoms with van der Waals surface area (Å²) in [5.74, 6) is 0.996. The number of nitrogens with zero attached hydrogens (tertiary/aromatic N) is 4. The highest BCUT2D eigenvalue weighted by Crippen LogP contribution is 2.24. The lowest BCUT2D eigenvalue weighted by Crippen LogP contribution is -2.33. The second-order valence-corrected chi connectivity index (χ2v) is 4.47. The summed E-state index contributed by atoms with van der Waals surface area (Å²) in [6, 6.07) is 2.20. The summed E-state index contributed by atoms with van der Waals surface area (Å²) >= 11 is 5.94. The van der Waals surface area contributed by atoms with E-state index < -0.39 is 0 Å². The average molecular weight is 267 g/mol. The molecule has 0 spiro atoms. The molecule has 1 aromatic rings. The molecule has 0 bridgehead atoms. The van der Waals surface area contributed by atoms with Gasteiger partial charge >= 0.3 is 0 Å². The average Bonchev–Trinajstić information content (AvgIpc) is 2.28. The number of hydrogen-bond donors (Lipinski definition) is 0. The first-order valence-electron chi connectivity index (χ1n) is 5.64. The zero-order chi connectivity index (χ0) is 13.7. The molecule has 1 aromatic heterocycles. The minimum Gasteiger partial charge on any atom is -0.352 e. The minimum atomic E-state index is 0.113. The molecule has 0 saturated carbocycles. The van der Waals surface area contributed by atoms with Gasteiger partial charge in [-0.25, -0.2) is 9.97 Å². The van der Waals surface area contributed by atoms with Crippen LogP contribution in [0.5, 0.6) is 0 Å². The van der Waals surface area contributed by atoms with Crippen LogP contribution in [-0.4, -0.2) is 28.8 Å². The lowest BCUT2D eigenvalue weighted by Gasteiger charge is -2.28. The summed E-state index contributed by atoms with van der Waals surface area (Å²) in [5, 5.41) is 8.82. The van der Waals surface area contributed by atoms with Gasteiger partial charge in [0.2, 0.25) is 0 Å². The van der Waals surface area contributed by atoms with E-state index in [2.05, 4.69) is 16.0 Å². The van der Waals surface area contributed by atoms with E-state index in [0.717, 1.165) is 0 Å². The van der Waals surface area contributed by atoms with Crippen molar-refractivity contribution in [3.05, 3.63) is 16.5 Å². The molecule has 18 heavy (non-hydrogen) atoms. The van der Waals surface area contributed by atoms with Crippen molar-refractivity contribution in [1.82, 2.24) is 9.97 Å². The summed E-state index contributed by atoms with van der Waals surface area (Å²) in [6.07, 6.45) is 1.01. The van der Waals surface area contributed by atoms with E-state index in [1.807, 2.05) is 18.7 Å². The molecule has 0 N–H and O–H groups in total. The molecule has 5 nitrogen and oxygen atoms in total. The number of aldehydes is 1. The van der Waals surface area contributed by atoms with Crippen LogP contribution in [0.2, 0.25) is 5.15 Å². The Morgan fingerprint density at radius 1 is 1.50 bits per heavy atom. The van der Waals surface area contributed by atoms with Crippen LogP contribution in [0.15, 0.2) is 0 Å². The second-order valence-electron chi connectivity index (χ2n) is 4.11. The van der Waals surface area contributed by atoms with Crippen LogP contribution in [-0.2, 0) is 0 Å². The summed E-state index contributed by atoms with van der Waals surface area (Å²) < 4.78 is 0. The Labute approximate surface area is 111 Å². The van der Waals surface area contributed by atoms with Gasteiger partial charge in [-0.2, -0.15) is 5.26 Å². The molecular formula is C12H15ClN4O. The van der Waals surface area contributed by atoms with E-state index >= 15 is 0 Å². The van der Waals surface area contributed by atoms with E-state index in [9.17, 15) is 4.79 Å². The van der Waals surface area contributed by atoms with Crippen LogP contribution >= 0.6 is 11.6 Å². The fraction of sp³-hybridized carbons (Fsp3) is 0.500. The second kappa shape index (κ2) is 6.31. The monoisotopic (exact) mass is 266 g/mol. The number of rotatable bonds is 5. The Morgan fingerprint density at radius 3 is 2.67 bits per heavy atom. The number of carbonyl (C=O) groups is 1. The molecule has 0 aliphatic rings. The van der Waals surface area contributed by atoms with Crippen LogP contribution in [0.4, 0.5) is 5.82 Å². The molecule has 6 heteroatoms. The molecule has 0 radical (unpaired) electrons. The van der Waals surface area contributed by atoms with Gasteiger partial charge in [0.25, 0.3) is 0 Å². The fourth-order valence-electron chi connectivity index (χ4n) is 1.63. The number of halogens is 1. The lowest BCUT2D eigenvalue weighted by molar-refractivity contribution is 0.112. The van der Waals surface area contributed by atoms with Crippen molar-refractivity contribution < 1.29 is 4.79 Å². The van der Waals surface area contributed by atoms with E-state index in [1.54, 1.807) is 6.92 Å². The van der Waals surface area contributed by atoms with Crippen molar-refractivity contribution in [3.63, 3.8) is 0 Å². The van der Waals surface area contributed by atoms with Gasteiger partial charge in [-0.3, -0.25) is 4.79 Å². The SMILES string of the molecule is Cc1nc(Cl)c(C=O)c(N(CCC#N)C(C)C)n1. The smallest absolute Gasteiger partial charge is 0.156 e. The van der Waals surface area contributed by atoms with Gasteiger partial charge in [0.05, 0.1) is 18.1 Å². The maximum absolute atomic E-state index is 11.1. The number of anilines is 1. The molecule has 0 atom stereocenters. The lowest BCUT2D eigenvalue weighted by atomic mass is 10.2. The molecular weight excluding hydrogens is 252 g/mol. The summed E-state index contributed by atoms with van der Waals surface area (Å²) in [6.45, 7) is 6.16. The Hall–Kier alpha value is -1.67. The van der Waals surface area contributed by atoms with Gasteiger partial charge in [0.15, 0.2) is 6.29 Å². The third kappa shape index (κ3) is 3.17. The largest absolute Gasteiger partial charge is 0.352 e. The number of aromatic nitrogens is 2. The quantitative estimate of drug-likeness (QED) is 0.604. The van der Waals surface area contributed by atoms with Gasteiger partial charge in [0.1, 0.15) is 16.8 Å². The van der Waals surface area contributed by atoms with E-state index in [1.165, 1.54) is 0 Å². The molecule has 0 fully saturated rings. The zero-order valence-electron chi connectivity index (χ0n) is 10.6. The molecule has 0 aromatic carbocycles. The van der Waals surface area contributed by atoms with Gasteiger partial charge < -0.3 is 4.90 Å². The molecule has 96 valence electrons. The summed E-state index contributed by atoms with van der Waals surface area (Å²) in [7, 11) is 0. The van der Waals surface area contributed by atoms with Crippen LogP contribution in [0.1, 0.15) is 36.5 Å². The van der Waals surface area contributed by atoms with Crippen molar-refractivity contribution in [3.8, 4) is 6.07 Å². The number of hydrogen-bond acceptors (Lipinski definition) is 5. The van der Waals surface area contributed by atoms with Crippen molar-refractivity contribution >= 4 is 23.7 Å². The first-order valence-corrected chi connectivity index (χ1v) is 6.02. The predicted octanol–water partition coefficient (Wildman–Crippen LogP) is 2.38. The fourth-order valence-corrected chi connectivity index (χ4v) is 1.88. The number of carbonyl (C=O) groups excluding carboxylic acids is 1. The molecule has 0 unspecified atom stereocenters. The Bertz CT molecular complexity index is 482. The van der Waals surface area contributed by atoms with Crippen molar-refractivity contribution in [2.45, 2.75) is 33.2 Å². The van der Waals surface area contributed by atoms with E-state index in [-0.39, 0.29) is 16.8 Å². The highest BCUT2D eigenvalue weighted by Gasteiger charge is 2.19. The third-order valence-electron chi connectivity index (χ3n) is 2.47. The Morgan fingerprint density at radius 2 is 2.17 bits per heavy atom. The first kappa shape index (κ1) is 14.4. The van der Waals surface area contributed by atoms with Crippen molar-refractivity contribution in [1.29, 1.82) is 5.26 Å². The normalized spacial score (nSPS) is 10.2. The standard InChI is InChI=1S/C12H15ClN4O/c1-8(2)17(6-4-5-14)12-10(7-18)11(13)15-9(3)16-12/h7-8H,4,6H2,1-3H3. The van der Waals surface area contributed by atoms with Gasteiger partial charge in [-0.15, -0.1) is 0 Å². The predicted molar refractivity (Wildman–Crippen MR) is 69.9 cm³/mol. The topological polar surface area (TPSA) is 69.9 Å². The molecule has 0 saturated heterocycles. The highest BCUT2D eigenvalue weighted by atomic mass is 35.5. The van der Waals surface area contributed by atoms with Crippen LogP contribution in [0, 0.1) is 18.3 Å². The van der Waals surface area contributed by atoms with Gasteiger partial charge in [0, 0.05) is 12.6 Å². The molecule has 0 aliphatic heterocycles. The van der Waals surface area contributed by atoms with Crippen molar-refractivity contribution in [2.75, 3.05) is 11.4 Å². The zero-order valence-corrected chi connectivity index (χ0v) is 11.4. The van der Waals surface area contributed by atoms with Crippen LogP contribution in [0.25, 0.3) is 0 Å². The maximum atomic E-state index is 11.1. The summed E-state index contributed by atoms with van der Waals surface area (Å²) in [5.41, 5.74) is 0.272. The number of aryl methyl sites for hydroxylation is 1. The molecule has 1 rings (SSSR count). The first-order chi connectivity index (χ1) is 8.51. The van der Waals surface area contributed by atoms with Gasteiger partial charge in [-0.05, 0) is 20.8 Å². The third-order valence-corrected chi connectivity index (χ3v) is 2.76. The van der Waals surface area contributed by atoms with E-state index in [0.29, 0.717) is 30.9 Å². The Balaban J connectivity index is 3.26. The summed E-state index contributed by atoms with van der Waals surface area (Å²) in [4.78, 5) is 21.2. The van der Waals surface area contributed by atoms with Crippen molar-refractivity contribution in [2.24, 2.45) is 0 Å². The minimum absolute atomic E-state index is 0.113. The maximum Gasteiger partial charge on any atom is 0.156 e. The van der Waals surface area contributed by atoms with Crippen LogP contribution < -0.4 is 4.90 Å². The Kier molecular flexibility index (Phi) is 5.05.